The SMILES string of the molecule is O=Cc1cccc(C=O)c1.c1ccc(-c2ccccn2)nc1. The standard InChI is InChI=1S/C10H8N2.C8H6O2/c1-3-7-11-9(5-1)10-6-2-4-8-12-10;9-5-7-2-1-3-8(4-7)6-10/h1-8H;1-6H. The predicted octanol–water partition coefficient (Wildman–Crippen LogP) is 3.46. The molecule has 0 aliphatic carbocycles. The normalized spacial score (nSPS) is 9.27. The van der Waals surface area contributed by atoms with Crippen molar-refractivity contribution in [2.24, 2.45) is 0 Å². The van der Waals surface area contributed by atoms with E-state index in [9.17, 15) is 9.59 Å². The van der Waals surface area contributed by atoms with Gasteiger partial charge in [-0.2, -0.15) is 0 Å². The highest BCUT2D eigenvalue weighted by Gasteiger charge is 1.95. The lowest BCUT2D eigenvalue weighted by atomic mass is 10.2. The molecule has 0 unspecified atom stereocenters. The molecule has 108 valence electrons. The highest BCUT2D eigenvalue weighted by Crippen LogP contribution is 2.10. The number of aromatic nitrogens is 2. The summed E-state index contributed by atoms with van der Waals surface area (Å²) in [5, 5.41) is 0. The molecule has 1 aromatic carbocycles. The molecule has 0 saturated heterocycles. The molecule has 0 N–H and O–H groups in total. The van der Waals surface area contributed by atoms with Crippen molar-refractivity contribution < 1.29 is 9.59 Å². The van der Waals surface area contributed by atoms with Crippen molar-refractivity contribution >= 4 is 12.6 Å². The van der Waals surface area contributed by atoms with Gasteiger partial charge in [-0.3, -0.25) is 19.6 Å². The third-order valence-electron chi connectivity index (χ3n) is 2.78. The summed E-state index contributed by atoms with van der Waals surface area (Å²) in [7, 11) is 0. The number of hydrogen-bond donors (Lipinski definition) is 0. The summed E-state index contributed by atoms with van der Waals surface area (Å²) in [6.07, 6.45) is 4.97. The van der Waals surface area contributed by atoms with E-state index in [0.29, 0.717) is 23.7 Å². The van der Waals surface area contributed by atoms with Crippen LogP contribution in [-0.2, 0) is 0 Å². The van der Waals surface area contributed by atoms with Crippen LogP contribution in [0.25, 0.3) is 11.4 Å². The highest BCUT2D eigenvalue weighted by atomic mass is 16.1. The van der Waals surface area contributed by atoms with E-state index in [2.05, 4.69) is 9.97 Å². The Morgan fingerprint density at radius 3 is 1.50 bits per heavy atom. The zero-order valence-corrected chi connectivity index (χ0v) is 11.8. The summed E-state index contributed by atoms with van der Waals surface area (Å²) in [4.78, 5) is 28.7. The number of pyridine rings is 2. The Kier molecular flexibility index (Phi) is 5.70. The molecule has 0 bridgehead atoms. The smallest absolute Gasteiger partial charge is 0.150 e. The maximum atomic E-state index is 10.2. The molecule has 4 nitrogen and oxygen atoms in total. The van der Waals surface area contributed by atoms with Gasteiger partial charge in [0.15, 0.2) is 0 Å². The Morgan fingerprint density at radius 1 is 0.636 bits per heavy atom. The van der Waals surface area contributed by atoms with Crippen LogP contribution in [-0.4, -0.2) is 22.5 Å². The molecule has 3 aromatic rings. The lowest BCUT2D eigenvalue weighted by molar-refractivity contribution is 0.112. The number of hydrogen-bond acceptors (Lipinski definition) is 4. The molecule has 2 heterocycles. The average molecular weight is 290 g/mol. The van der Waals surface area contributed by atoms with E-state index < -0.39 is 0 Å². The first-order valence-corrected chi connectivity index (χ1v) is 6.66. The molecular formula is C18H14N2O2. The van der Waals surface area contributed by atoms with Crippen LogP contribution in [0.5, 0.6) is 0 Å². The molecule has 0 atom stereocenters. The van der Waals surface area contributed by atoms with Crippen LogP contribution >= 0.6 is 0 Å². The summed E-state index contributed by atoms with van der Waals surface area (Å²) in [5.41, 5.74) is 2.89. The molecule has 0 amide bonds. The van der Waals surface area contributed by atoms with Crippen molar-refractivity contribution in [2.45, 2.75) is 0 Å². The van der Waals surface area contributed by atoms with Gasteiger partial charge in [0.05, 0.1) is 11.4 Å². The van der Waals surface area contributed by atoms with E-state index >= 15 is 0 Å². The second-order valence-corrected chi connectivity index (χ2v) is 4.34. The lowest BCUT2D eigenvalue weighted by Gasteiger charge is -1.96. The molecule has 0 aliphatic heterocycles. The molecule has 4 heteroatoms. The molecule has 0 fully saturated rings. The fourth-order valence-corrected chi connectivity index (χ4v) is 1.73. The van der Waals surface area contributed by atoms with Gasteiger partial charge in [0.25, 0.3) is 0 Å². The van der Waals surface area contributed by atoms with Crippen molar-refractivity contribution in [3.63, 3.8) is 0 Å². The molecule has 2 aromatic heterocycles. The highest BCUT2D eigenvalue weighted by molar-refractivity contribution is 5.81. The van der Waals surface area contributed by atoms with E-state index in [1.54, 1.807) is 36.7 Å². The number of nitrogens with zero attached hydrogens (tertiary/aromatic N) is 2. The van der Waals surface area contributed by atoms with Gasteiger partial charge in [-0.25, -0.2) is 0 Å². The Morgan fingerprint density at radius 2 is 1.14 bits per heavy atom. The Bertz CT molecular complexity index is 668. The summed E-state index contributed by atoms with van der Waals surface area (Å²) in [6.45, 7) is 0. The molecular weight excluding hydrogens is 276 g/mol. The molecule has 0 aliphatic rings. The average Bonchev–Trinajstić information content (AvgIpc) is 2.64. The van der Waals surface area contributed by atoms with E-state index in [0.717, 1.165) is 11.4 Å². The second kappa shape index (κ2) is 8.21. The van der Waals surface area contributed by atoms with Crippen molar-refractivity contribution in [2.75, 3.05) is 0 Å². The van der Waals surface area contributed by atoms with Crippen LogP contribution in [0.3, 0.4) is 0 Å². The molecule has 3 rings (SSSR count). The van der Waals surface area contributed by atoms with Crippen LogP contribution in [0.2, 0.25) is 0 Å². The second-order valence-electron chi connectivity index (χ2n) is 4.34. The van der Waals surface area contributed by atoms with Gasteiger partial charge in [-0.1, -0.05) is 30.3 Å². The maximum absolute atomic E-state index is 10.2. The summed E-state index contributed by atoms with van der Waals surface area (Å²) >= 11 is 0. The van der Waals surface area contributed by atoms with Gasteiger partial charge >= 0.3 is 0 Å². The molecule has 0 radical (unpaired) electrons. The molecule has 0 spiro atoms. The fourth-order valence-electron chi connectivity index (χ4n) is 1.73. The van der Waals surface area contributed by atoms with E-state index in [1.807, 2.05) is 36.4 Å². The largest absolute Gasteiger partial charge is 0.298 e. The first-order chi connectivity index (χ1) is 10.8. The predicted molar refractivity (Wildman–Crippen MR) is 84.7 cm³/mol. The van der Waals surface area contributed by atoms with Gasteiger partial charge in [-0.15, -0.1) is 0 Å². The number of aldehydes is 2. The first-order valence-electron chi connectivity index (χ1n) is 6.66. The monoisotopic (exact) mass is 290 g/mol. The number of carbonyl (C=O) groups excluding carboxylic acids is 2. The molecule has 0 saturated carbocycles. The quantitative estimate of drug-likeness (QED) is 0.693. The van der Waals surface area contributed by atoms with Crippen LogP contribution in [0.1, 0.15) is 20.7 Å². The number of carbonyl (C=O) groups is 2. The lowest BCUT2D eigenvalue weighted by Crippen LogP contribution is -1.83. The van der Waals surface area contributed by atoms with Crippen LogP contribution < -0.4 is 0 Å². The zero-order chi connectivity index (χ0) is 15.6. The third kappa shape index (κ3) is 4.45. The van der Waals surface area contributed by atoms with E-state index in [1.165, 1.54) is 0 Å². The summed E-state index contributed by atoms with van der Waals surface area (Å²) in [6, 6.07) is 18.1. The van der Waals surface area contributed by atoms with Crippen molar-refractivity contribution in [1.82, 2.24) is 9.97 Å². The minimum absolute atomic E-state index is 0.532. The summed E-state index contributed by atoms with van der Waals surface area (Å²) in [5.74, 6) is 0. The van der Waals surface area contributed by atoms with Crippen LogP contribution in [0.4, 0.5) is 0 Å². The Labute approximate surface area is 128 Å². The van der Waals surface area contributed by atoms with Gasteiger partial charge in [0, 0.05) is 23.5 Å². The van der Waals surface area contributed by atoms with Gasteiger partial charge in [-0.05, 0) is 30.3 Å². The topological polar surface area (TPSA) is 59.9 Å². The first kappa shape index (κ1) is 15.3. The maximum Gasteiger partial charge on any atom is 0.150 e. The van der Waals surface area contributed by atoms with Gasteiger partial charge in [0.1, 0.15) is 12.6 Å². The van der Waals surface area contributed by atoms with Crippen molar-refractivity contribution in [3.05, 3.63) is 84.2 Å². The minimum atomic E-state index is 0.532. The van der Waals surface area contributed by atoms with Crippen LogP contribution in [0, 0.1) is 0 Å². The third-order valence-corrected chi connectivity index (χ3v) is 2.78. The van der Waals surface area contributed by atoms with Gasteiger partial charge in [0.2, 0.25) is 0 Å². The zero-order valence-electron chi connectivity index (χ0n) is 11.8. The Balaban J connectivity index is 0.000000164. The van der Waals surface area contributed by atoms with E-state index in [-0.39, 0.29) is 0 Å². The van der Waals surface area contributed by atoms with Crippen LogP contribution in [0.15, 0.2) is 73.1 Å². The molecule has 22 heavy (non-hydrogen) atoms. The number of benzene rings is 1. The van der Waals surface area contributed by atoms with Crippen molar-refractivity contribution in [3.8, 4) is 11.4 Å². The van der Waals surface area contributed by atoms with E-state index in [4.69, 9.17) is 0 Å². The van der Waals surface area contributed by atoms with Gasteiger partial charge < -0.3 is 0 Å². The minimum Gasteiger partial charge on any atom is -0.298 e. The number of rotatable bonds is 3. The fraction of sp³-hybridized carbons (Fsp3) is 0. The van der Waals surface area contributed by atoms with Crippen molar-refractivity contribution in [1.29, 1.82) is 0 Å². The summed E-state index contributed by atoms with van der Waals surface area (Å²) < 4.78 is 0. The Hall–Kier alpha value is -3.14.